The first kappa shape index (κ1) is 17.4. The molecule has 1 aromatic carbocycles. The van der Waals surface area contributed by atoms with E-state index in [1.165, 1.54) is 0 Å². The summed E-state index contributed by atoms with van der Waals surface area (Å²) in [5, 5.41) is 4.09. The second kappa shape index (κ2) is 8.04. The molecule has 1 N–H and O–H groups in total. The van der Waals surface area contributed by atoms with Crippen molar-refractivity contribution in [1.82, 2.24) is 10.2 Å². The van der Waals surface area contributed by atoms with Gasteiger partial charge in [0.1, 0.15) is 0 Å². The highest BCUT2D eigenvalue weighted by molar-refractivity contribution is 6.30. The fourth-order valence-corrected chi connectivity index (χ4v) is 3.34. The van der Waals surface area contributed by atoms with E-state index in [0.717, 1.165) is 56.4 Å². The Hall–Kier alpha value is -0.970. The van der Waals surface area contributed by atoms with Gasteiger partial charge in [-0.1, -0.05) is 17.7 Å². The summed E-state index contributed by atoms with van der Waals surface area (Å²) in [5.41, 5.74) is 1.15. The zero-order valence-corrected chi connectivity index (χ0v) is 14.2. The van der Waals surface area contributed by atoms with Crippen molar-refractivity contribution < 1.29 is 4.79 Å². The molecule has 6 heteroatoms. The average molecular weight is 344 g/mol. The SMILES string of the molecule is Cl.O=C(CC1CCNC1)N1CCN(c2cccc(Cl)c2)CC1. The summed E-state index contributed by atoms with van der Waals surface area (Å²) in [7, 11) is 0. The molecule has 0 bridgehead atoms. The van der Waals surface area contributed by atoms with Crippen LogP contribution in [0.1, 0.15) is 12.8 Å². The molecule has 2 aliphatic rings. The summed E-state index contributed by atoms with van der Waals surface area (Å²) in [6, 6.07) is 7.93. The van der Waals surface area contributed by atoms with Gasteiger partial charge in [0, 0.05) is 43.3 Å². The van der Waals surface area contributed by atoms with Crippen LogP contribution in [0.3, 0.4) is 0 Å². The molecule has 0 saturated carbocycles. The van der Waals surface area contributed by atoms with Crippen molar-refractivity contribution in [2.24, 2.45) is 5.92 Å². The predicted octanol–water partition coefficient (Wildman–Crippen LogP) is 2.41. The van der Waals surface area contributed by atoms with E-state index in [0.29, 0.717) is 18.2 Å². The second-order valence-electron chi connectivity index (χ2n) is 5.91. The van der Waals surface area contributed by atoms with Crippen LogP contribution in [0.2, 0.25) is 5.02 Å². The van der Waals surface area contributed by atoms with Crippen LogP contribution < -0.4 is 10.2 Å². The number of piperazine rings is 1. The van der Waals surface area contributed by atoms with Crippen molar-refractivity contribution >= 4 is 35.6 Å². The Kier molecular flexibility index (Phi) is 6.36. The normalized spacial score (nSPS) is 21.6. The van der Waals surface area contributed by atoms with E-state index >= 15 is 0 Å². The number of nitrogens with one attached hydrogen (secondary N) is 1. The van der Waals surface area contributed by atoms with E-state index in [9.17, 15) is 4.79 Å². The molecular weight excluding hydrogens is 321 g/mol. The summed E-state index contributed by atoms with van der Waals surface area (Å²) < 4.78 is 0. The number of carbonyl (C=O) groups is 1. The number of hydrogen-bond donors (Lipinski definition) is 1. The molecule has 1 atom stereocenters. The minimum absolute atomic E-state index is 0. The van der Waals surface area contributed by atoms with Crippen LogP contribution in [0.25, 0.3) is 0 Å². The molecule has 4 nitrogen and oxygen atoms in total. The van der Waals surface area contributed by atoms with Gasteiger partial charge in [-0.15, -0.1) is 12.4 Å². The van der Waals surface area contributed by atoms with Gasteiger partial charge in [0.15, 0.2) is 0 Å². The van der Waals surface area contributed by atoms with Gasteiger partial charge in [0.2, 0.25) is 5.91 Å². The predicted molar refractivity (Wildman–Crippen MR) is 93.1 cm³/mol. The number of nitrogens with zero attached hydrogens (tertiary/aromatic N) is 2. The molecule has 3 rings (SSSR count). The molecule has 0 aromatic heterocycles. The van der Waals surface area contributed by atoms with Gasteiger partial charge >= 0.3 is 0 Å². The number of halogens is 2. The maximum atomic E-state index is 12.3. The van der Waals surface area contributed by atoms with E-state index in [1.54, 1.807) is 0 Å². The summed E-state index contributed by atoms with van der Waals surface area (Å²) in [5.74, 6) is 0.845. The van der Waals surface area contributed by atoms with E-state index in [1.807, 2.05) is 23.1 Å². The van der Waals surface area contributed by atoms with E-state index < -0.39 is 0 Å². The second-order valence-corrected chi connectivity index (χ2v) is 6.35. The fraction of sp³-hybridized carbons (Fsp3) is 0.562. The van der Waals surface area contributed by atoms with Crippen LogP contribution >= 0.6 is 24.0 Å². The highest BCUT2D eigenvalue weighted by atomic mass is 35.5. The summed E-state index contributed by atoms with van der Waals surface area (Å²) in [6.45, 7) is 5.44. The fourth-order valence-electron chi connectivity index (χ4n) is 3.15. The van der Waals surface area contributed by atoms with Crippen LogP contribution in [0.15, 0.2) is 24.3 Å². The summed E-state index contributed by atoms with van der Waals surface area (Å²) in [6.07, 6.45) is 1.83. The topological polar surface area (TPSA) is 35.6 Å². The Balaban J connectivity index is 0.00000176. The van der Waals surface area contributed by atoms with Crippen molar-refractivity contribution in [3.63, 3.8) is 0 Å². The summed E-state index contributed by atoms with van der Waals surface area (Å²) >= 11 is 6.04. The van der Waals surface area contributed by atoms with Gasteiger partial charge in [0.25, 0.3) is 0 Å². The van der Waals surface area contributed by atoms with E-state index in [4.69, 9.17) is 11.6 Å². The van der Waals surface area contributed by atoms with Gasteiger partial charge in [-0.05, 0) is 43.6 Å². The first-order valence-corrected chi connectivity index (χ1v) is 8.09. The molecule has 0 spiro atoms. The Morgan fingerprint density at radius 3 is 2.68 bits per heavy atom. The van der Waals surface area contributed by atoms with Crippen LogP contribution in [0.5, 0.6) is 0 Å². The molecule has 22 heavy (non-hydrogen) atoms. The van der Waals surface area contributed by atoms with Gasteiger partial charge in [0.05, 0.1) is 0 Å². The Morgan fingerprint density at radius 2 is 2.05 bits per heavy atom. The van der Waals surface area contributed by atoms with Gasteiger partial charge in [-0.2, -0.15) is 0 Å². The van der Waals surface area contributed by atoms with Gasteiger partial charge in [-0.3, -0.25) is 4.79 Å². The molecule has 2 fully saturated rings. The molecule has 2 saturated heterocycles. The van der Waals surface area contributed by atoms with E-state index in [2.05, 4.69) is 16.3 Å². The number of carbonyl (C=O) groups excluding carboxylic acids is 1. The van der Waals surface area contributed by atoms with Gasteiger partial charge in [-0.25, -0.2) is 0 Å². The third-order valence-electron chi connectivity index (χ3n) is 4.43. The number of hydrogen-bond acceptors (Lipinski definition) is 3. The summed E-state index contributed by atoms with van der Waals surface area (Å²) in [4.78, 5) is 16.6. The Morgan fingerprint density at radius 1 is 1.27 bits per heavy atom. The van der Waals surface area contributed by atoms with Crippen molar-refractivity contribution in [3.05, 3.63) is 29.3 Å². The molecular formula is C16H23Cl2N3O. The van der Waals surface area contributed by atoms with Crippen LogP contribution in [0, 0.1) is 5.92 Å². The van der Waals surface area contributed by atoms with Crippen molar-refractivity contribution in [2.45, 2.75) is 12.8 Å². The van der Waals surface area contributed by atoms with Crippen LogP contribution in [-0.2, 0) is 4.79 Å². The average Bonchev–Trinajstić information content (AvgIpc) is 3.00. The van der Waals surface area contributed by atoms with Crippen molar-refractivity contribution in [2.75, 3.05) is 44.2 Å². The number of amides is 1. The first-order valence-electron chi connectivity index (χ1n) is 7.71. The number of rotatable bonds is 3. The lowest BCUT2D eigenvalue weighted by Gasteiger charge is -2.36. The third kappa shape index (κ3) is 4.28. The monoisotopic (exact) mass is 343 g/mol. The molecule has 0 radical (unpaired) electrons. The van der Waals surface area contributed by atoms with Crippen LogP contribution in [0.4, 0.5) is 5.69 Å². The van der Waals surface area contributed by atoms with Crippen LogP contribution in [-0.4, -0.2) is 50.1 Å². The zero-order chi connectivity index (χ0) is 14.7. The zero-order valence-electron chi connectivity index (χ0n) is 12.6. The Bertz CT molecular complexity index is 498. The lowest BCUT2D eigenvalue weighted by Crippen LogP contribution is -2.49. The maximum Gasteiger partial charge on any atom is 0.223 e. The third-order valence-corrected chi connectivity index (χ3v) is 4.67. The first-order chi connectivity index (χ1) is 10.2. The minimum atomic E-state index is 0. The Labute approximate surface area is 143 Å². The van der Waals surface area contributed by atoms with Crippen molar-refractivity contribution in [1.29, 1.82) is 0 Å². The molecule has 2 aliphatic heterocycles. The molecule has 0 aliphatic carbocycles. The molecule has 1 amide bonds. The molecule has 122 valence electrons. The number of anilines is 1. The lowest BCUT2D eigenvalue weighted by atomic mass is 10.0. The molecule has 1 unspecified atom stereocenters. The number of benzene rings is 1. The molecule has 1 aromatic rings. The van der Waals surface area contributed by atoms with E-state index in [-0.39, 0.29) is 12.4 Å². The quantitative estimate of drug-likeness (QED) is 0.915. The van der Waals surface area contributed by atoms with Crippen molar-refractivity contribution in [3.8, 4) is 0 Å². The maximum absolute atomic E-state index is 12.3. The standard InChI is InChI=1S/C16H22ClN3O.ClH/c17-14-2-1-3-15(11-14)19-6-8-20(9-7-19)16(21)10-13-4-5-18-12-13;/h1-3,11,13,18H,4-10,12H2;1H. The smallest absolute Gasteiger partial charge is 0.223 e. The minimum Gasteiger partial charge on any atom is -0.368 e. The largest absolute Gasteiger partial charge is 0.368 e. The molecule has 2 heterocycles. The highest BCUT2D eigenvalue weighted by Gasteiger charge is 2.25. The lowest BCUT2D eigenvalue weighted by molar-refractivity contribution is -0.132. The highest BCUT2D eigenvalue weighted by Crippen LogP contribution is 2.21. The van der Waals surface area contributed by atoms with Gasteiger partial charge < -0.3 is 15.1 Å².